The van der Waals surface area contributed by atoms with Crippen molar-refractivity contribution in [3.63, 3.8) is 0 Å². The number of aliphatic hydroxyl groups is 1. The quantitative estimate of drug-likeness (QED) is 0.849. The lowest BCUT2D eigenvalue weighted by Gasteiger charge is -2.33. The molecule has 0 aromatic carbocycles. The third-order valence-corrected chi connectivity index (χ3v) is 4.29. The van der Waals surface area contributed by atoms with E-state index in [4.69, 9.17) is 5.11 Å². The maximum Gasteiger partial charge on any atom is 0.393 e. The van der Waals surface area contributed by atoms with Gasteiger partial charge in [0.05, 0.1) is 5.92 Å². The van der Waals surface area contributed by atoms with Crippen molar-refractivity contribution in [1.82, 2.24) is 4.90 Å². The summed E-state index contributed by atoms with van der Waals surface area (Å²) in [7, 11) is 0. The fourth-order valence-corrected chi connectivity index (χ4v) is 3.25. The van der Waals surface area contributed by atoms with Gasteiger partial charge in [-0.15, -0.1) is 11.3 Å². The van der Waals surface area contributed by atoms with Gasteiger partial charge in [0.1, 0.15) is 6.61 Å². The van der Waals surface area contributed by atoms with Crippen molar-refractivity contribution in [3.05, 3.63) is 21.9 Å². The molecule has 1 unspecified atom stereocenters. The summed E-state index contributed by atoms with van der Waals surface area (Å²) in [6.45, 7) is 1.04. The highest BCUT2D eigenvalue weighted by atomic mass is 32.1. The predicted molar refractivity (Wildman–Crippen MR) is 72.3 cm³/mol. The number of rotatable bonds is 2. The van der Waals surface area contributed by atoms with E-state index in [2.05, 4.69) is 11.8 Å². The fraction of sp³-hybridized carbons (Fsp3) is 0.571. The van der Waals surface area contributed by atoms with Gasteiger partial charge in [0.15, 0.2) is 0 Å². The van der Waals surface area contributed by atoms with Gasteiger partial charge in [-0.1, -0.05) is 11.8 Å². The largest absolute Gasteiger partial charge is 0.393 e. The number of aliphatic hydroxyl groups excluding tert-OH is 1. The van der Waals surface area contributed by atoms with E-state index < -0.39 is 12.1 Å². The van der Waals surface area contributed by atoms with Gasteiger partial charge in [0, 0.05) is 23.5 Å². The minimum atomic E-state index is -4.10. The molecule has 2 heterocycles. The Morgan fingerprint density at radius 3 is 2.95 bits per heavy atom. The summed E-state index contributed by atoms with van der Waals surface area (Å²) in [6, 6.07) is 1.84. The van der Waals surface area contributed by atoms with Crippen molar-refractivity contribution in [2.24, 2.45) is 5.92 Å². The lowest BCUT2D eigenvalue weighted by atomic mass is 9.97. The molecule has 20 heavy (non-hydrogen) atoms. The average Bonchev–Trinajstić information content (AvgIpc) is 2.83. The van der Waals surface area contributed by atoms with E-state index in [0.717, 1.165) is 10.4 Å². The number of hydrogen-bond acceptors (Lipinski definition) is 3. The van der Waals surface area contributed by atoms with Crippen molar-refractivity contribution >= 4 is 11.3 Å². The third kappa shape index (κ3) is 3.98. The first-order valence-electron chi connectivity index (χ1n) is 6.46. The summed E-state index contributed by atoms with van der Waals surface area (Å²) in [6.07, 6.45) is -3.30. The van der Waals surface area contributed by atoms with E-state index in [1.807, 2.05) is 16.3 Å². The number of halogens is 3. The molecular formula is C14H16F3NOS. The minimum Gasteiger partial charge on any atom is -0.384 e. The Labute approximate surface area is 120 Å². The number of likely N-dealkylation sites (tertiary alicyclic amines) is 1. The Bertz CT molecular complexity index is 500. The van der Waals surface area contributed by atoms with Crippen LogP contribution in [0.1, 0.15) is 23.3 Å². The first-order valence-corrected chi connectivity index (χ1v) is 7.34. The molecule has 2 rings (SSSR count). The van der Waals surface area contributed by atoms with Crippen molar-refractivity contribution < 1.29 is 18.3 Å². The lowest BCUT2D eigenvalue weighted by Crippen LogP contribution is -2.41. The zero-order valence-corrected chi connectivity index (χ0v) is 11.7. The molecule has 6 heteroatoms. The summed E-state index contributed by atoms with van der Waals surface area (Å²) >= 11 is 1.50. The van der Waals surface area contributed by atoms with E-state index >= 15 is 0 Å². The van der Waals surface area contributed by atoms with Crippen LogP contribution in [0.5, 0.6) is 0 Å². The van der Waals surface area contributed by atoms with Crippen molar-refractivity contribution in [3.8, 4) is 11.8 Å². The Balaban J connectivity index is 2.01. The van der Waals surface area contributed by atoms with Gasteiger partial charge in [-0.3, -0.25) is 4.90 Å². The molecule has 0 amide bonds. The Morgan fingerprint density at radius 2 is 2.25 bits per heavy atom. The average molecular weight is 303 g/mol. The topological polar surface area (TPSA) is 23.5 Å². The highest BCUT2D eigenvalue weighted by Gasteiger charge is 2.41. The highest BCUT2D eigenvalue weighted by Crippen LogP contribution is 2.34. The van der Waals surface area contributed by atoms with E-state index in [0.29, 0.717) is 19.5 Å². The summed E-state index contributed by atoms with van der Waals surface area (Å²) in [5.41, 5.74) is 0.804. The summed E-state index contributed by atoms with van der Waals surface area (Å²) in [5.74, 6) is 4.19. The van der Waals surface area contributed by atoms with Crippen LogP contribution in [0, 0.1) is 17.8 Å². The van der Waals surface area contributed by atoms with Crippen molar-refractivity contribution in [2.75, 3.05) is 19.7 Å². The summed E-state index contributed by atoms with van der Waals surface area (Å²) < 4.78 is 38.3. The molecule has 1 atom stereocenters. The zero-order chi connectivity index (χ0) is 14.6. The van der Waals surface area contributed by atoms with Crippen LogP contribution < -0.4 is 0 Å². The van der Waals surface area contributed by atoms with E-state index in [-0.39, 0.29) is 19.6 Å². The zero-order valence-electron chi connectivity index (χ0n) is 10.9. The van der Waals surface area contributed by atoms with Gasteiger partial charge in [0.2, 0.25) is 0 Å². The normalized spacial score (nSPS) is 20.5. The number of piperidine rings is 1. The molecule has 1 aliphatic heterocycles. The van der Waals surface area contributed by atoms with Gasteiger partial charge in [-0.2, -0.15) is 13.2 Å². The molecule has 0 spiro atoms. The summed E-state index contributed by atoms with van der Waals surface area (Å²) in [4.78, 5) is 2.81. The maximum absolute atomic E-state index is 12.8. The monoisotopic (exact) mass is 303 g/mol. The van der Waals surface area contributed by atoms with Gasteiger partial charge in [-0.05, 0) is 30.8 Å². The number of alkyl halides is 3. The second-order valence-corrected chi connectivity index (χ2v) is 5.83. The molecule has 0 bridgehead atoms. The smallest absolute Gasteiger partial charge is 0.384 e. The first kappa shape index (κ1) is 15.4. The fourth-order valence-electron chi connectivity index (χ4n) is 2.38. The van der Waals surface area contributed by atoms with Gasteiger partial charge < -0.3 is 5.11 Å². The van der Waals surface area contributed by atoms with Crippen LogP contribution in [0.15, 0.2) is 11.4 Å². The van der Waals surface area contributed by atoms with Crippen LogP contribution in [0.2, 0.25) is 0 Å². The first-order chi connectivity index (χ1) is 9.50. The van der Waals surface area contributed by atoms with E-state index in [9.17, 15) is 13.2 Å². The Hall–Kier alpha value is -1.03. The van der Waals surface area contributed by atoms with Crippen LogP contribution in [-0.2, 0) is 6.54 Å². The molecule has 1 aliphatic rings. The van der Waals surface area contributed by atoms with Gasteiger partial charge in [0.25, 0.3) is 0 Å². The van der Waals surface area contributed by atoms with Gasteiger partial charge in [-0.25, -0.2) is 0 Å². The van der Waals surface area contributed by atoms with Crippen molar-refractivity contribution in [2.45, 2.75) is 25.6 Å². The van der Waals surface area contributed by atoms with Crippen molar-refractivity contribution in [1.29, 1.82) is 0 Å². The predicted octanol–water partition coefficient (Wildman–Crippen LogP) is 2.87. The molecule has 0 saturated carbocycles. The van der Waals surface area contributed by atoms with Crippen LogP contribution >= 0.6 is 11.3 Å². The standard InChI is InChI=1S/C14H16F3NOS/c15-14(16,17)12-4-1-6-18(9-12)10-13-11(3-2-7-19)5-8-20-13/h5,8,12,19H,1,4,6-7,9-10H2. The highest BCUT2D eigenvalue weighted by molar-refractivity contribution is 7.10. The van der Waals surface area contributed by atoms with E-state index in [1.165, 1.54) is 11.3 Å². The molecule has 1 N–H and O–H groups in total. The molecule has 2 nitrogen and oxygen atoms in total. The molecular weight excluding hydrogens is 287 g/mol. The van der Waals surface area contributed by atoms with Crippen LogP contribution in [0.4, 0.5) is 13.2 Å². The number of hydrogen-bond donors (Lipinski definition) is 1. The molecule has 1 aromatic rings. The molecule has 1 aromatic heterocycles. The molecule has 0 radical (unpaired) electrons. The SMILES string of the molecule is OCC#Cc1ccsc1CN1CCCC(C(F)(F)F)C1. The summed E-state index contributed by atoms with van der Waals surface area (Å²) in [5, 5.41) is 10.6. The van der Waals surface area contributed by atoms with Gasteiger partial charge >= 0.3 is 6.18 Å². The lowest BCUT2D eigenvalue weighted by molar-refractivity contribution is -0.187. The van der Waals surface area contributed by atoms with Crippen LogP contribution in [-0.4, -0.2) is 35.9 Å². The minimum absolute atomic E-state index is 0.0638. The maximum atomic E-state index is 12.8. The molecule has 1 fully saturated rings. The Kier molecular flexibility index (Phi) is 5.08. The van der Waals surface area contributed by atoms with Crippen LogP contribution in [0.25, 0.3) is 0 Å². The molecule has 110 valence electrons. The van der Waals surface area contributed by atoms with E-state index in [1.54, 1.807) is 0 Å². The molecule has 0 aliphatic carbocycles. The second-order valence-electron chi connectivity index (χ2n) is 4.83. The number of nitrogens with zero attached hydrogens (tertiary/aromatic N) is 1. The third-order valence-electron chi connectivity index (χ3n) is 3.38. The Morgan fingerprint density at radius 1 is 1.45 bits per heavy atom. The second kappa shape index (κ2) is 6.61. The number of thiophene rings is 1. The van der Waals surface area contributed by atoms with Crippen LogP contribution in [0.3, 0.4) is 0 Å². The molecule has 1 saturated heterocycles.